The van der Waals surface area contributed by atoms with Crippen LogP contribution in [0.4, 0.5) is 10.1 Å². The molecule has 1 aliphatic heterocycles. The second-order valence-corrected chi connectivity index (χ2v) is 6.29. The Hall–Kier alpha value is -1.14. The number of benzene rings is 1. The highest BCUT2D eigenvalue weighted by atomic mass is 79.9. The third kappa shape index (κ3) is 4.17. The van der Waals surface area contributed by atoms with E-state index in [0.29, 0.717) is 5.69 Å². The number of nitrogens with one attached hydrogen (secondary N) is 1. The topological polar surface area (TPSA) is 52.6 Å². The first-order valence-electron chi connectivity index (χ1n) is 7.19. The van der Waals surface area contributed by atoms with Crippen molar-refractivity contribution in [2.24, 2.45) is 0 Å². The van der Waals surface area contributed by atoms with E-state index in [1.807, 2.05) is 6.92 Å². The largest absolute Gasteiger partial charge is 0.478 e. The van der Waals surface area contributed by atoms with Crippen LogP contribution in [-0.2, 0) is 0 Å². The quantitative estimate of drug-likeness (QED) is 0.844. The summed E-state index contributed by atoms with van der Waals surface area (Å²) in [6, 6.07) is 2.99. The summed E-state index contributed by atoms with van der Waals surface area (Å²) in [5, 5.41) is 12.1. The molecule has 2 N–H and O–H groups in total. The van der Waals surface area contributed by atoms with Gasteiger partial charge in [-0.15, -0.1) is 0 Å². The van der Waals surface area contributed by atoms with Crippen molar-refractivity contribution in [2.75, 3.05) is 25.0 Å². The Morgan fingerprint density at radius 2 is 2.10 bits per heavy atom. The maximum atomic E-state index is 14.2. The standard InChI is InChI=1S/C15H20BrFN2O2/c1-10(9-19-7-3-2-4-8-19)18-12-6-5-11(15(20)21)13(16)14(12)17/h5-6,10,18H,2-4,7-9H2,1H3,(H,20,21). The summed E-state index contributed by atoms with van der Waals surface area (Å²) < 4.78 is 14.2. The number of nitrogens with zero attached hydrogens (tertiary/aromatic N) is 1. The van der Waals surface area contributed by atoms with E-state index in [2.05, 4.69) is 26.1 Å². The molecule has 0 amide bonds. The fraction of sp³-hybridized carbons (Fsp3) is 0.533. The van der Waals surface area contributed by atoms with Crippen molar-refractivity contribution in [1.29, 1.82) is 0 Å². The van der Waals surface area contributed by atoms with Crippen molar-refractivity contribution in [2.45, 2.75) is 32.2 Å². The molecule has 0 spiro atoms. The van der Waals surface area contributed by atoms with E-state index < -0.39 is 11.8 Å². The fourth-order valence-corrected chi connectivity index (χ4v) is 3.18. The van der Waals surface area contributed by atoms with Crippen LogP contribution in [0, 0.1) is 5.82 Å². The molecule has 116 valence electrons. The second kappa shape index (κ2) is 7.22. The Bertz CT molecular complexity index is 519. The Morgan fingerprint density at radius 1 is 1.43 bits per heavy atom. The van der Waals surface area contributed by atoms with Gasteiger partial charge in [-0.2, -0.15) is 0 Å². The monoisotopic (exact) mass is 358 g/mol. The molecule has 6 heteroatoms. The molecule has 1 aliphatic rings. The van der Waals surface area contributed by atoms with E-state index in [9.17, 15) is 9.18 Å². The first-order chi connectivity index (χ1) is 9.99. The highest BCUT2D eigenvalue weighted by molar-refractivity contribution is 9.10. The van der Waals surface area contributed by atoms with E-state index in [0.717, 1.165) is 19.6 Å². The Labute approximate surface area is 132 Å². The Morgan fingerprint density at radius 3 is 2.71 bits per heavy atom. The van der Waals surface area contributed by atoms with Gasteiger partial charge in [-0.3, -0.25) is 0 Å². The number of anilines is 1. The van der Waals surface area contributed by atoms with E-state index in [1.54, 1.807) is 0 Å². The molecular formula is C15H20BrFN2O2. The molecule has 0 bridgehead atoms. The van der Waals surface area contributed by atoms with Gasteiger partial charge in [-0.1, -0.05) is 6.42 Å². The summed E-state index contributed by atoms with van der Waals surface area (Å²) in [6.07, 6.45) is 3.73. The van der Waals surface area contributed by atoms with Gasteiger partial charge in [0.15, 0.2) is 5.82 Å². The smallest absolute Gasteiger partial charge is 0.336 e. The zero-order valence-electron chi connectivity index (χ0n) is 12.0. The SMILES string of the molecule is CC(CN1CCCCC1)Nc1ccc(C(=O)O)c(Br)c1F. The highest BCUT2D eigenvalue weighted by Gasteiger charge is 2.18. The van der Waals surface area contributed by atoms with Gasteiger partial charge in [0.1, 0.15) is 0 Å². The lowest BCUT2D eigenvalue weighted by Gasteiger charge is -2.29. The second-order valence-electron chi connectivity index (χ2n) is 5.50. The number of carboxylic acid groups (broad SMARTS) is 1. The molecule has 2 rings (SSSR count). The van der Waals surface area contributed by atoms with Crippen molar-refractivity contribution in [1.82, 2.24) is 4.90 Å². The van der Waals surface area contributed by atoms with Gasteiger partial charge in [-0.05, 0) is 60.9 Å². The minimum Gasteiger partial charge on any atom is -0.478 e. The predicted octanol–water partition coefficient (Wildman–Crippen LogP) is 3.57. The molecule has 1 heterocycles. The lowest BCUT2D eigenvalue weighted by molar-refractivity contribution is 0.0695. The molecule has 1 saturated heterocycles. The summed E-state index contributed by atoms with van der Waals surface area (Å²) >= 11 is 3.01. The number of aromatic carboxylic acids is 1. The summed E-state index contributed by atoms with van der Waals surface area (Å²) in [5.74, 6) is -1.70. The first-order valence-corrected chi connectivity index (χ1v) is 7.98. The van der Waals surface area contributed by atoms with Crippen LogP contribution in [0.2, 0.25) is 0 Å². The van der Waals surface area contributed by atoms with Crippen molar-refractivity contribution in [3.63, 3.8) is 0 Å². The molecule has 0 aromatic heterocycles. The van der Waals surface area contributed by atoms with Gasteiger partial charge in [0.2, 0.25) is 0 Å². The van der Waals surface area contributed by atoms with Crippen LogP contribution in [-0.4, -0.2) is 41.7 Å². The van der Waals surface area contributed by atoms with Gasteiger partial charge in [-0.25, -0.2) is 9.18 Å². The van der Waals surface area contributed by atoms with Gasteiger partial charge < -0.3 is 15.3 Å². The van der Waals surface area contributed by atoms with Gasteiger partial charge in [0.25, 0.3) is 0 Å². The van der Waals surface area contributed by atoms with Crippen LogP contribution < -0.4 is 5.32 Å². The lowest BCUT2D eigenvalue weighted by atomic mass is 10.1. The van der Waals surface area contributed by atoms with Crippen LogP contribution in [0.1, 0.15) is 36.5 Å². The van der Waals surface area contributed by atoms with E-state index in [4.69, 9.17) is 5.11 Å². The number of hydrogen-bond acceptors (Lipinski definition) is 3. The normalized spacial score (nSPS) is 17.5. The number of carboxylic acids is 1. The number of rotatable bonds is 5. The van der Waals surface area contributed by atoms with Crippen LogP contribution in [0.15, 0.2) is 16.6 Å². The van der Waals surface area contributed by atoms with Crippen molar-refractivity contribution >= 4 is 27.6 Å². The first kappa shape index (κ1) is 16.2. The molecule has 0 radical (unpaired) electrons. The van der Waals surface area contributed by atoms with Crippen LogP contribution >= 0.6 is 15.9 Å². The van der Waals surface area contributed by atoms with E-state index in [1.165, 1.54) is 31.4 Å². The lowest BCUT2D eigenvalue weighted by Crippen LogP contribution is -2.38. The van der Waals surface area contributed by atoms with Gasteiger partial charge in [0.05, 0.1) is 15.7 Å². The van der Waals surface area contributed by atoms with Crippen molar-refractivity contribution < 1.29 is 14.3 Å². The maximum Gasteiger partial charge on any atom is 0.336 e. The Kier molecular flexibility index (Phi) is 5.58. The third-order valence-electron chi connectivity index (χ3n) is 3.70. The molecule has 21 heavy (non-hydrogen) atoms. The zero-order valence-corrected chi connectivity index (χ0v) is 13.6. The average molecular weight is 359 g/mol. The summed E-state index contributed by atoms with van der Waals surface area (Å²) in [7, 11) is 0. The maximum absolute atomic E-state index is 14.2. The number of halogens is 2. The highest BCUT2D eigenvalue weighted by Crippen LogP contribution is 2.27. The molecule has 1 aromatic rings. The Balaban J connectivity index is 2.01. The average Bonchev–Trinajstić information content (AvgIpc) is 2.44. The molecule has 1 atom stereocenters. The minimum atomic E-state index is -1.14. The minimum absolute atomic E-state index is 0.00910. The number of hydrogen-bond donors (Lipinski definition) is 2. The van der Waals surface area contributed by atoms with Crippen LogP contribution in [0.5, 0.6) is 0 Å². The molecule has 1 unspecified atom stereocenters. The summed E-state index contributed by atoms with van der Waals surface area (Å²) in [5.41, 5.74) is 0.262. The molecule has 1 fully saturated rings. The zero-order chi connectivity index (χ0) is 15.4. The fourth-order valence-electron chi connectivity index (χ4n) is 2.67. The third-order valence-corrected chi connectivity index (χ3v) is 4.47. The molecule has 0 saturated carbocycles. The van der Waals surface area contributed by atoms with Crippen LogP contribution in [0.3, 0.4) is 0 Å². The van der Waals surface area contributed by atoms with Crippen molar-refractivity contribution in [3.05, 3.63) is 28.0 Å². The predicted molar refractivity (Wildman–Crippen MR) is 84.4 cm³/mol. The summed E-state index contributed by atoms with van der Waals surface area (Å²) in [6.45, 7) is 5.05. The number of piperidine rings is 1. The molecular weight excluding hydrogens is 339 g/mol. The molecule has 0 aliphatic carbocycles. The van der Waals surface area contributed by atoms with Gasteiger partial charge in [0, 0.05) is 12.6 Å². The molecule has 1 aromatic carbocycles. The molecule has 4 nitrogen and oxygen atoms in total. The van der Waals surface area contributed by atoms with Crippen LogP contribution in [0.25, 0.3) is 0 Å². The summed E-state index contributed by atoms with van der Waals surface area (Å²) in [4.78, 5) is 13.3. The van der Waals surface area contributed by atoms with E-state index >= 15 is 0 Å². The number of carbonyl (C=O) groups is 1. The van der Waals surface area contributed by atoms with Crippen molar-refractivity contribution in [3.8, 4) is 0 Å². The van der Waals surface area contributed by atoms with E-state index in [-0.39, 0.29) is 16.1 Å². The number of likely N-dealkylation sites (tertiary alicyclic amines) is 1. The van der Waals surface area contributed by atoms with Gasteiger partial charge >= 0.3 is 5.97 Å².